The molecule has 0 aliphatic carbocycles. The van der Waals surface area contributed by atoms with Gasteiger partial charge < -0.3 is 25.7 Å². The van der Waals surface area contributed by atoms with Gasteiger partial charge in [-0.25, -0.2) is 4.98 Å². The number of pyridine rings is 1. The molecule has 8 nitrogen and oxygen atoms in total. The highest BCUT2D eigenvalue weighted by Crippen LogP contribution is 2.27. The van der Waals surface area contributed by atoms with E-state index in [0.29, 0.717) is 19.6 Å². The number of rotatable bonds is 6. The van der Waals surface area contributed by atoms with Crippen LogP contribution in [-0.4, -0.2) is 63.4 Å². The third-order valence-corrected chi connectivity index (χ3v) is 4.99. The lowest BCUT2D eigenvalue weighted by atomic mass is 9.87. The molecular formula is C19H30N4O4. The number of nitrogens with zero attached hydrogens (tertiary/aromatic N) is 3. The summed E-state index contributed by atoms with van der Waals surface area (Å²) >= 11 is 0. The Morgan fingerprint density at radius 2 is 2.04 bits per heavy atom. The van der Waals surface area contributed by atoms with Gasteiger partial charge in [0.25, 0.3) is 11.7 Å². The van der Waals surface area contributed by atoms with Gasteiger partial charge in [0, 0.05) is 31.9 Å². The van der Waals surface area contributed by atoms with Crippen LogP contribution >= 0.6 is 0 Å². The number of primary amides is 1. The van der Waals surface area contributed by atoms with E-state index < -0.39 is 23.5 Å². The van der Waals surface area contributed by atoms with Gasteiger partial charge >= 0.3 is 0 Å². The molecule has 2 heterocycles. The maximum Gasteiger partial charge on any atom is 0.278 e. The molecule has 2 atom stereocenters. The van der Waals surface area contributed by atoms with Crippen LogP contribution in [-0.2, 0) is 9.59 Å². The van der Waals surface area contributed by atoms with Crippen LogP contribution in [0.2, 0.25) is 0 Å². The predicted octanol–water partition coefficient (Wildman–Crippen LogP) is 0.256. The first-order valence-corrected chi connectivity index (χ1v) is 9.26. The summed E-state index contributed by atoms with van der Waals surface area (Å²) in [5, 5.41) is 20.3. The Balaban J connectivity index is 2.17. The summed E-state index contributed by atoms with van der Waals surface area (Å²) in [4.78, 5) is 32.7. The molecule has 1 aliphatic rings. The van der Waals surface area contributed by atoms with Crippen LogP contribution in [0.25, 0.3) is 0 Å². The number of hydrogen-bond donors (Lipinski definition) is 3. The van der Waals surface area contributed by atoms with Gasteiger partial charge in [0.2, 0.25) is 5.91 Å². The van der Waals surface area contributed by atoms with Gasteiger partial charge in [0.1, 0.15) is 11.7 Å². The Kier molecular flexibility index (Phi) is 6.43. The monoisotopic (exact) mass is 378 g/mol. The van der Waals surface area contributed by atoms with Crippen molar-refractivity contribution in [2.75, 3.05) is 24.5 Å². The van der Waals surface area contributed by atoms with E-state index in [9.17, 15) is 19.8 Å². The molecule has 1 unspecified atom stereocenters. The van der Waals surface area contributed by atoms with Crippen molar-refractivity contribution in [2.24, 2.45) is 17.6 Å². The second-order valence-electron chi connectivity index (χ2n) is 7.79. The van der Waals surface area contributed by atoms with Gasteiger partial charge in [-0.3, -0.25) is 9.59 Å². The molecule has 2 amide bonds. The third-order valence-electron chi connectivity index (χ3n) is 4.99. The molecule has 1 aromatic rings. The maximum atomic E-state index is 13.1. The number of aryl methyl sites for hydroxylation is 1. The lowest BCUT2D eigenvalue weighted by molar-refractivity contribution is -0.209. The van der Waals surface area contributed by atoms with Gasteiger partial charge in [0.05, 0.1) is 0 Å². The van der Waals surface area contributed by atoms with E-state index >= 15 is 0 Å². The Morgan fingerprint density at radius 1 is 1.37 bits per heavy atom. The quantitative estimate of drug-likeness (QED) is 0.611. The number of anilines is 1. The fraction of sp³-hybridized carbons (Fsp3) is 0.632. The first-order valence-electron chi connectivity index (χ1n) is 9.26. The summed E-state index contributed by atoms with van der Waals surface area (Å²) in [5.74, 6) is -5.08. The molecule has 1 fully saturated rings. The molecule has 8 heteroatoms. The summed E-state index contributed by atoms with van der Waals surface area (Å²) in [5.41, 5.74) is 6.24. The van der Waals surface area contributed by atoms with E-state index in [1.54, 1.807) is 11.1 Å². The van der Waals surface area contributed by atoms with E-state index in [1.807, 2.05) is 39.8 Å². The number of aliphatic hydroxyl groups is 2. The van der Waals surface area contributed by atoms with E-state index in [2.05, 4.69) is 9.88 Å². The second-order valence-corrected chi connectivity index (χ2v) is 7.79. The van der Waals surface area contributed by atoms with Crippen LogP contribution < -0.4 is 10.6 Å². The molecular weight excluding hydrogens is 348 g/mol. The van der Waals surface area contributed by atoms with Crippen LogP contribution in [0.5, 0.6) is 0 Å². The maximum absolute atomic E-state index is 13.1. The highest BCUT2D eigenvalue weighted by Gasteiger charge is 2.48. The summed E-state index contributed by atoms with van der Waals surface area (Å²) in [6.07, 6.45) is 1.91. The summed E-state index contributed by atoms with van der Waals surface area (Å²) in [6.45, 7) is 9.13. The van der Waals surface area contributed by atoms with Crippen LogP contribution in [0.1, 0.15) is 32.8 Å². The topological polar surface area (TPSA) is 120 Å². The number of piperazine rings is 1. The molecule has 4 N–H and O–H groups in total. The number of amides is 2. The molecule has 0 spiro atoms. The van der Waals surface area contributed by atoms with Crippen LogP contribution in [0.3, 0.4) is 0 Å². The molecule has 0 bridgehead atoms. The normalized spacial score (nSPS) is 19.3. The zero-order chi connectivity index (χ0) is 20.4. The van der Waals surface area contributed by atoms with E-state index in [4.69, 9.17) is 5.73 Å². The van der Waals surface area contributed by atoms with Crippen LogP contribution in [0.15, 0.2) is 18.3 Å². The minimum atomic E-state index is -2.86. The smallest absolute Gasteiger partial charge is 0.278 e. The molecule has 27 heavy (non-hydrogen) atoms. The molecule has 0 saturated carbocycles. The van der Waals surface area contributed by atoms with Gasteiger partial charge in [-0.05, 0) is 43.9 Å². The standard InChI is InChI=1S/C19H30N4O4/c1-12(2)9-15(19(26,27)18(20)25)17(24)23-8-7-22(11-14(23)4)16-10-13(3)5-6-21-16/h5-6,10,12,14-15,26-27H,7-9,11H2,1-4H3,(H2,20,25)/t14-,15?/m0/s1. The molecule has 1 saturated heterocycles. The minimum absolute atomic E-state index is 0.00920. The number of aromatic nitrogens is 1. The predicted molar refractivity (Wildman–Crippen MR) is 102 cm³/mol. The first-order chi connectivity index (χ1) is 12.5. The molecule has 150 valence electrons. The SMILES string of the molecule is Cc1ccnc(N2CCN(C(=O)C(CC(C)C)C(O)(O)C(N)=O)[C@@H](C)C2)c1. The number of nitrogens with two attached hydrogens (primary N) is 1. The zero-order valence-corrected chi connectivity index (χ0v) is 16.4. The van der Waals surface area contributed by atoms with Gasteiger partial charge in [0.15, 0.2) is 0 Å². The van der Waals surface area contributed by atoms with Crippen molar-refractivity contribution in [3.63, 3.8) is 0 Å². The van der Waals surface area contributed by atoms with E-state index in [0.717, 1.165) is 11.4 Å². The van der Waals surface area contributed by atoms with Crippen LogP contribution in [0, 0.1) is 18.8 Å². The molecule has 0 radical (unpaired) electrons. The van der Waals surface area contributed by atoms with Crippen molar-refractivity contribution in [1.82, 2.24) is 9.88 Å². The third kappa shape index (κ3) is 4.75. The largest absolute Gasteiger partial charge is 0.365 e. The Morgan fingerprint density at radius 3 is 2.56 bits per heavy atom. The average molecular weight is 378 g/mol. The van der Waals surface area contributed by atoms with Crippen molar-refractivity contribution in [1.29, 1.82) is 0 Å². The fourth-order valence-corrected chi connectivity index (χ4v) is 3.47. The fourth-order valence-electron chi connectivity index (χ4n) is 3.47. The molecule has 1 aliphatic heterocycles. The average Bonchev–Trinajstić information content (AvgIpc) is 2.58. The minimum Gasteiger partial charge on any atom is -0.365 e. The molecule has 2 rings (SSSR count). The van der Waals surface area contributed by atoms with Gasteiger partial charge in [-0.1, -0.05) is 13.8 Å². The first kappa shape index (κ1) is 21.1. The van der Waals surface area contributed by atoms with Crippen molar-refractivity contribution in [3.8, 4) is 0 Å². The lowest BCUT2D eigenvalue weighted by Crippen LogP contribution is -2.61. The number of hydrogen-bond acceptors (Lipinski definition) is 6. The zero-order valence-electron chi connectivity index (χ0n) is 16.4. The molecule has 1 aromatic heterocycles. The number of carbonyl (C=O) groups is 2. The van der Waals surface area contributed by atoms with Gasteiger partial charge in [-0.15, -0.1) is 0 Å². The van der Waals surface area contributed by atoms with E-state index in [1.165, 1.54) is 0 Å². The van der Waals surface area contributed by atoms with Crippen molar-refractivity contribution in [2.45, 2.75) is 45.9 Å². The summed E-state index contributed by atoms with van der Waals surface area (Å²) < 4.78 is 0. The van der Waals surface area contributed by atoms with Crippen molar-refractivity contribution in [3.05, 3.63) is 23.9 Å². The van der Waals surface area contributed by atoms with Gasteiger partial charge in [-0.2, -0.15) is 0 Å². The van der Waals surface area contributed by atoms with Crippen molar-refractivity contribution >= 4 is 17.6 Å². The highest BCUT2D eigenvalue weighted by molar-refractivity contribution is 5.90. The molecule has 0 aromatic carbocycles. The lowest BCUT2D eigenvalue weighted by Gasteiger charge is -2.43. The van der Waals surface area contributed by atoms with Crippen molar-refractivity contribution < 1.29 is 19.8 Å². The highest BCUT2D eigenvalue weighted by atomic mass is 16.5. The summed E-state index contributed by atoms with van der Waals surface area (Å²) in [7, 11) is 0. The number of carbonyl (C=O) groups excluding carboxylic acids is 2. The Labute approximate surface area is 160 Å². The Hall–Kier alpha value is -2.19. The Bertz CT molecular complexity index is 692. The second kappa shape index (κ2) is 8.22. The van der Waals surface area contributed by atoms with Crippen LogP contribution in [0.4, 0.5) is 5.82 Å². The summed E-state index contributed by atoms with van der Waals surface area (Å²) in [6, 6.07) is 3.74. The van der Waals surface area contributed by atoms with E-state index in [-0.39, 0.29) is 18.4 Å².